The Kier molecular flexibility index (Phi) is 8.06. The highest BCUT2D eigenvalue weighted by atomic mass is 28.2. The fourth-order valence-corrected chi connectivity index (χ4v) is 2.47. The number of carbonyl (C=O) groups excluding carboxylic acids is 1. The van der Waals surface area contributed by atoms with E-state index in [4.69, 9.17) is 18.9 Å². The van der Waals surface area contributed by atoms with Gasteiger partial charge in [-0.05, 0) is 12.5 Å². The minimum atomic E-state index is -1.05. The molecule has 0 amide bonds. The van der Waals surface area contributed by atoms with Crippen LogP contribution in [0.2, 0.25) is 6.04 Å². The average Bonchev–Trinajstić information content (AvgIpc) is 2.39. The van der Waals surface area contributed by atoms with Gasteiger partial charge in [0, 0.05) is 27.4 Å². The smallest absolute Gasteiger partial charge is 0.330 e. The Morgan fingerprint density at radius 1 is 1.35 bits per heavy atom. The minimum Gasteiger partial charge on any atom is -0.460 e. The van der Waals surface area contributed by atoms with E-state index in [-0.39, 0.29) is 15.6 Å². The summed E-state index contributed by atoms with van der Waals surface area (Å²) in [5.74, 6) is -0.417. The Labute approximate surface area is 105 Å². The Balaban J connectivity index is 4.29. The van der Waals surface area contributed by atoms with Gasteiger partial charge in [0.15, 0.2) is 9.52 Å². The molecule has 6 heteroatoms. The van der Waals surface area contributed by atoms with Gasteiger partial charge in [0.2, 0.25) is 0 Å². The van der Waals surface area contributed by atoms with E-state index in [0.29, 0.717) is 6.04 Å². The summed E-state index contributed by atoms with van der Waals surface area (Å²) >= 11 is 0. The van der Waals surface area contributed by atoms with E-state index in [1.54, 1.807) is 0 Å². The third-order valence-electron chi connectivity index (χ3n) is 2.26. The van der Waals surface area contributed by atoms with Crippen molar-refractivity contribution in [3.8, 4) is 0 Å². The predicted molar refractivity (Wildman–Crippen MR) is 64.7 cm³/mol. The molecule has 0 saturated carbocycles. The molecular formula is C11H20O5Si. The first kappa shape index (κ1) is 16.3. The molecule has 0 bridgehead atoms. The summed E-state index contributed by atoms with van der Waals surface area (Å²) in [7, 11) is 4.74. The predicted octanol–water partition coefficient (Wildman–Crippen LogP) is 1.17. The van der Waals surface area contributed by atoms with E-state index in [0.717, 1.165) is 12.5 Å². The summed E-state index contributed by atoms with van der Waals surface area (Å²) in [6.07, 6.45) is 1.69. The third-order valence-corrected chi connectivity index (χ3v) is 3.96. The molecule has 0 saturated heterocycles. The number of esters is 1. The second kappa shape index (κ2) is 8.41. The zero-order valence-corrected chi connectivity index (χ0v) is 11.8. The molecule has 2 radical (unpaired) electrons. The van der Waals surface area contributed by atoms with Gasteiger partial charge in [-0.3, -0.25) is 0 Å². The van der Waals surface area contributed by atoms with Crippen LogP contribution in [0, 0.1) is 0 Å². The van der Waals surface area contributed by atoms with Crippen LogP contribution in [0.15, 0.2) is 12.7 Å². The molecule has 0 aliphatic rings. The van der Waals surface area contributed by atoms with Crippen molar-refractivity contribution in [2.24, 2.45) is 0 Å². The van der Waals surface area contributed by atoms with Crippen molar-refractivity contribution in [3.63, 3.8) is 0 Å². The highest BCUT2D eigenvalue weighted by Gasteiger charge is 2.31. The molecule has 17 heavy (non-hydrogen) atoms. The van der Waals surface area contributed by atoms with Crippen LogP contribution >= 0.6 is 0 Å². The first-order valence-corrected chi connectivity index (χ1v) is 6.51. The molecule has 0 aliphatic heterocycles. The van der Waals surface area contributed by atoms with Gasteiger partial charge in [0.05, 0.1) is 6.10 Å². The standard InChI is InChI=1S/C11H20O5Si/c1-6-9(16-10(12)7-2)8-17-11(13-3,14-4)15-5/h7,9H,2,6,8H2,1,3-5H3. The molecule has 0 N–H and O–H groups in total. The van der Waals surface area contributed by atoms with Gasteiger partial charge in [-0.1, -0.05) is 13.5 Å². The van der Waals surface area contributed by atoms with E-state index in [9.17, 15) is 4.79 Å². The number of methoxy groups -OCH3 is 3. The zero-order valence-electron chi connectivity index (χ0n) is 10.8. The quantitative estimate of drug-likeness (QED) is 0.269. The number of ether oxygens (including phenoxy) is 4. The maximum Gasteiger partial charge on any atom is 0.330 e. The molecule has 5 nitrogen and oxygen atoms in total. The Bertz CT molecular complexity index is 232. The van der Waals surface area contributed by atoms with E-state index in [1.165, 1.54) is 21.3 Å². The molecule has 0 aromatic rings. The van der Waals surface area contributed by atoms with Crippen LogP contribution in [-0.2, 0) is 23.7 Å². The monoisotopic (exact) mass is 260 g/mol. The summed E-state index contributed by atoms with van der Waals surface area (Å²) < 4.78 is 20.7. The molecule has 1 unspecified atom stereocenters. The van der Waals surface area contributed by atoms with Crippen molar-refractivity contribution in [2.45, 2.75) is 31.1 Å². The SMILES string of the molecule is C=CC(=O)OC(CC)C[Si]C(OC)(OC)OC. The van der Waals surface area contributed by atoms with Crippen molar-refractivity contribution >= 4 is 15.5 Å². The first-order chi connectivity index (χ1) is 8.07. The minimum absolute atomic E-state index is 0.182. The van der Waals surface area contributed by atoms with Crippen molar-refractivity contribution in [1.82, 2.24) is 0 Å². The molecule has 0 aromatic heterocycles. The first-order valence-electron chi connectivity index (χ1n) is 5.31. The lowest BCUT2D eigenvalue weighted by Gasteiger charge is -2.29. The van der Waals surface area contributed by atoms with E-state index in [2.05, 4.69) is 6.58 Å². The number of carbonyl (C=O) groups is 1. The Morgan fingerprint density at radius 3 is 2.24 bits per heavy atom. The summed E-state index contributed by atoms with van der Waals surface area (Å²) in [5.41, 5.74) is -1.05. The fourth-order valence-electron chi connectivity index (χ4n) is 1.19. The average molecular weight is 260 g/mol. The topological polar surface area (TPSA) is 54.0 Å². The van der Waals surface area contributed by atoms with Gasteiger partial charge >= 0.3 is 5.97 Å². The molecule has 0 aromatic carbocycles. The van der Waals surface area contributed by atoms with Crippen molar-refractivity contribution in [3.05, 3.63) is 12.7 Å². The highest BCUT2D eigenvalue weighted by Crippen LogP contribution is 2.15. The van der Waals surface area contributed by atoms with Crippen LogP contribution in [0.5, 0.6) is 0 Å². The van der Waals surface area contributed by atoms with Crippen LogP contribution < -0.4 is 0 Å². The van der Waals surface area contributed by atoms with Gasteiger partial charge in [-0.2, -0.15) is 0 Å². The second-order valence-corrected chi connectivity index (χ2v) is 4.59. The molecule has 98 valence electrons. The molecular weight excluding hydrogens is 240 g/mol. The van der Waals surface area contributed by atoms with Gasteiger partial charge in [0.25, 0.3) is 5.60 Å². The molecule has 0 spiro atoms. The highest BCUT2D eigenvalue weighted by molar-refractivity contribution is 6.38. The number of hydrogen-bond acceptors (Lipinski definition) is 5. The molecule has 0 fully saturated rings. The van der Waals surface area contributed by atoms with Crippen LogP contribution in [0.25, 0.3) is 0 Å². The van der Waals surface area contributed by atoms with E-state index >= 15 is 0 Å². The maximum absolute atomic E-state index is 11.1. The molecule has 0 heterocycles. The summed E-state index contributed by atoms with van der Waals surface area (Å²) in [6, 6.07) is 0.617. The number of rotatable bonds is 9. The molecule has 0 aliphatic carbocycles. The van der Waals surface area contributed by atoms with Crippen molar-refractivity contribution < 1.29 is 23.7 Å². The van der Waals surface area contributed by atoms with Gasteiger partial charge in [-0.25, -0.2) is 4.79 Å². The molecule has 0 rings (SSSR count). The number of hydrogen-bond donors (Lipinski definition) is 0. The van der Waals surface area contributed by atoms with Crippen LogP contribution in [0.3, 0.4) is 0 Å². The van der Waals surface area contributed by atoms with Crippen molar-refractivity contribution in [1.29, 1.82) is 0 Å². The van der Waals surface area contributed by atoms with Gasteiger partial charge < -0.3 is 18.9 Å². The second-order valence-electron chi connectivity index (χ2n) is 3.22. The Morgan fingerprint density at radius 2 is 1.88 bits per heavy atom. The van der Waals surface area contributed by atoms with Crippen LogP contribution in [-0.4, -0.2) is 48.5 Å². The summed E-state index contributed by atoms with van der Waals surface area (Å²) in [5, 5.41) is 0. The Hall–Kier alpha value is -0.693. The van der Waals surface area contributed by atoms with E-state index in [1.807, 2.05) is 6.92 Å². The largest absolute Gasteiger partial charge is 0.460 e. The lowest BCUT2D eigenvalue weighted by molar-refractivity contribution is -0.295. The summed E-state index contributed by atoms with van der Waals surface area (Å²) in [4.78, 5) is 11.1. The lowest BCUT2D eigenvalue weighted by atomic mass is 10.3. The van der Waals surface area contributed by atoms with Crippen LogP contribution in [0.4, 0.5) is 0 Å². The van der Waals surface area contributed by atoms with Crippen LogP contribution in [0.1, 0.15) is 13.3 Å². The lowest BCUT2D eigenvalue weighted by Crippen LogP contribution is -2.43. The van der Waals surface area contributed by atoms with Gasteiger partial charge in [-0.15, -0.1) is 0 Å². The van der Waals surface area contributed by atoms with Gasteiger partial charge in [0.1, 0.15) is 0 Å². The fraction of sp³-hybridized carbons (Fsp3) is 0.727. The normalized spacial score (nSPS) is 13.2. The van der Waals surface area contributed by atoms with Crippen molar-refractivity contribution in [2.75, 3.05) is 21.3 Å². The maximum atomic E-state index is 11.1. The van der Waals surface area contributed by atoms with E-state index < -0.39 is 11.6 Å². The molecule has 1 atom stereocenters. The third kappa shape index (κ3) is 5.45. The summed E-state index contributed by atoms with van der Waals surface area (Å²) in [6.45, 7) is 5.30. The zero-order chi connectivity index (χ0) is 13.3.